The van der Waals surface area contributed by atoms with Crippen molar-refractivity contribution in [2.45, 2.75) is 33.3 Å². The number of hydrogen-bond acceptors (Lipinski definition) is 7. The van der Waals surface area contributed by atoms with Crippen molar-refractivity contribution >= 4 is 23.6 Å². The molecule has 32 heavy (non-hydrogen) atoms. The van der Waals surface area contributed by atoms with Gasteiger partial charge in [-0.15, -0.1) is 0 Å². The maximum atomic E-state index is 13.2. The molecule has 0 bridgehead atoms. The van der Waals surface area contributed by atoms with E-state index in [0.717, 1.165) is 17.4 Å². The average molecular weight is 440 g/mol. The fourth-order valence-corrected chi connectivity index (χ4v) is 3.28. The Balaban J connectivity index is 1.79. The first kappa shape index (κ1) is 23.1. The lowest BCUT2D eigenvalue weighted by atomic mass is 9.80. The number of nitrogens with zero attached hydrogens (tertiary/aromatic N) is 1. The van der Waals surface area contributed by atoms with Gasteiger partial charge in [-0.3, -0.25) is 24.6 Å². The van der Waals surface area contributed by atoms with Crippen LogP contribution in [0, 0.1) is 5.41 Å². The number of ketones is 1. The van der Waals surface area contributed by atoms with Gasteiger partial charge in [-0.05, 0) is 37.1 Å². The Morgan fingerprint density at radius 3 is 2.44 bits per heavy atom. The van der Waals surface area contributed by atoms with E-state index in [9.17, 15) is 24.3 Å². The molecule has 0 aromatic heterocycles. The molecule has 0 radical (unpaired) electrons. The van der Waals surface area contributed by atoms with E-state index >= 15 is 0 Å². The van der Waals surface area contributed by atoms with Crippen LogP contribution in [0.4, 0.5) is 4.79 Å². The van der Waals surface area contributed by atoms with Crippen LogP contribution in [-0.2, 0) is 32.3 Å². The zero-order chi connectivity index (χ0) is 23.3. The van der Waals surface area contributed by atoms with Gasteiger partial charge in [-0.2, -0.15) is 0 Å². The first-order chi connectivity index (χ1) is 15.2. The van der Waals surface area contributed by atoms with Gasteiger partial charge in [0, 0.05) is 0 Å². The van der Waals surface area contributed by atoms with Crippen molar-refractivity contribution in [1.82, 2.24) is 10.2 Å². The number of Topliss-reactive ketones (excluding diaryl/α,β-unsaturated/α-hetero) is 1. The summed E-state index contributed by atoms with van der Waals surface area (Å²) in [5.74, 6) is -2.34. The van der Waals surface area contributed by atoms with Gasteiger partial charge in [-0.25, -0.2) is 4.79 Å². The number of rotatable bonds is 9. The molecule has 1 heterocycles. The molecule has 3 rings (SSSR count). The monoisotopic (exact) mass is 440 g/mol. The summed E-state index contributed by atoms with van der Waals surface area (Å²) in [5.41, 5.74) is -0.722. The predicted molar refractivity (Wildman–Crippen MR) is 112 cm³/mol. The highest BCUT2D eigenvalue weighted by Gasteiger charge is 2.58. The molecule has 9 nitrogen and oxygen atoms in total. The van der Waals surface area contributed by atoms with Crippen LogP contribution in [0.15, 0.2) is 54.6 Å². The highest BCUT2D eigenvalue weighted by atomic mass is 16.6. The lowest BCUT2D eigenvalue weighted by molar-refractivity contribution is -0.169. The molecule has 168 valence electrons. The molecule has 1 fully saturated rings. The lowest BCUT2D eigenvalue weighted by Crippen LogP contribution is -2.67. The van der Waals surface area contributed by atoms with Gasteiger partial charge < -0.3 is 14.6 Å². The summed E-state index contributed by atoms with van der Waals surface area (Å²) < 4.78 is 10.8. The third-order valence-electron chi connectivity index (χ3n) is 5.09. The zero-order valence-corrected chi connectivity index (χ0v) is 17.7. The number of aliphatic hydroxyl groups excluding tert-OH is 1. The molecule has 2 unspecified atom stereocenters. The maximum absolute atomic E-state index is 13.2. The molecule has 1 saturated heterocycles. The first-order valence-electron chi connectivity index (χ1n) is 9.98. The zero-order valence-electron chi connectivity index (χ0n) is 17.7. The summed E-state index contributed by atoms with van der Waals surface area (Å²) in [6.45, 7) is 1.81. The summed E-state index contributed by atoms with van der Waals surface area (Å²) in [4.78, 5) is 51.2. The molecule has 0 spiro atoms. The van der Waals surface area contributed by atoms with E-state index in [0.29, 0.717) is 17.9 Å². The Morgan fingerprint density at radius 1 is 1.09 bits per heavy atom. The molecule has 2 aromatic rings. The number of nitrogens with one attached hydrogen (secondary N) is 1. The van der Waals surface area contributed by atoms with E-state index < -0.39 is 41.9 Å². The molecule has 2 N–H and O–H groups in total. The van der Waals surface area contributed by atoms with E-state index in [-0.39, 0.29) is 6.54 Å². The Bertz CT molecular complexity index is 1020. The molecule has 4 amide bonds. The van der Waals surface area contributed by atoms with Crippen LogP contribution in [0.2, 0.25) is 0 Å². The quantitative estimate of drug-likeness (QED) is 0.450. The number of aliphatic hydroxyl groups is 1. The predicted octanol–water partition coefficient (Wildman–Crippen LogP) is 1.77. The van der Waals surface area contributed by atoms with Crippen LogP contribution >= 0.6 is 0 Å². The molecule has 2 atom stereocenters. The van der Waals surface area contributed by atoms with Gasteiger partial charge in [0.05, 0.1) is 13.2 Å². The van der Waals surface area contributed by atoms with E-state index in [2.05, 4.69) is 5.32 Å². The third-order valence-corrected chi connectivity index (χ3v) is 5.09. The Labute approximate surface area is 184 Å². The summed E-state index contributed by atoms with van der Waals surface area (Å²) in [7, 11) is 0. The second-order valence-electron chi connectivity index (χ2n) is 7.44. The number of imide groups is 2. The average Bonchev–Trinajstić information content (AvgIpc) is 2.76. The normalized spacial score (nSPS) is 19.5. The molecule has 2 aromatic carbocycles. The van der Waals surface area contributed by atoms with Gasteiger partial charge in [0.2, 0.25) is 5.41 Å². The number of ether oxygens (including phenoxy) is 2. The van der Waals surface area contributed by atoms with Gasteiger partial charge >= 0.3 is 6.03 Å². The minimum Gasteiger partial charge on any atom is -0.489 e. The Kier molecular flexibility index (Phi) is 7.01. The second kappa shape index (κ2) is 9.71. The first-order valence-corrected chi connectivity index (χ1v) is 9.98. The third kappa shape index (κ3) is 4.84. The van der Waals surface area contributed by atoms with Crippen molar-refractivity contribution in [3.63, 3.8) is 0 Å². The van der Waals surface area contributed by atoms with Crippen LogP contribution in [0.3, 0.4) is 0 Å². The largest absolute Gasteiger partial charge is 0.489 e. The molecule has 9 heteroatoms. The number of benzene rings is 2. The van der Waals surface area contributed by atoms with Crippen LogP contribution in [0.25, 0.3) is 0 Å². The van der Waals surface area contributed by atoms with Crippen LogP contribution in [0.1, 0.15) is 25.0 Å². The van der Waals surface area contributed by atoms with Crippen molar-refractivity contribution in [2.24, 2.45) is 5.41 Å². The topological polar surface area (TPSA) is 122 Å². The van der Waals surface area contributed by atoms with Gasteiger partial charge in [0.1, 0.15) is 12.4 Å². The molecular weight excluding hydrogens is 416 g/mol. The molecule has 0 saturated carbocycles. The van der Waals surface area contributed by atoms with Crippen molar-refractivity contribution in [1.29, 1.82) is 0 Å². The van der Waals surface area contributed by atoms with Crippen molar-refractivity contribution in [2.75, 3.05) is 6.61 Å². The Hall–Kier alpha value is -3.56. The lowest BCUT2D eigenvalue weighted by Gasteiger charge is -2.37. The smallest absolute Gasteiger partial charge is 0.331 e. The van der Waals surface area contributed by atoms with E-state index in [4.69, 9.17) is 9.47 Å². The molecule has 1 aliphatic rings. The summed E-state index contributed by atoms with van der Waals surface area (Å²) in [6.07, 6.45) is -1.31. The summed E-state index contributed by atoms with van der Waals surface area (Å²) in [6, 6.07) is 15.4. The number of barbiturate groups is 1. The highest BCUT2D eigenvalue weighted by Crippen LogP contribution is 2.29. The minimum absolute atomic E-state index is 0.190. The van der Waals surface area contributed by atoms with Gasteiger partial charge in [-0.1, -0.05) is 42.5 Å². The maximum Gasteiger partial charge on any atom is 0.331 e. The second-order valence-corrected chi connectivity index (χ2v) is 7.44. The van der Waals surface area contributed by atoms with E-state index in [1.54, 1.807) is 24.3 Å². The van der Waals surface area contributed by atoms with E-state index in [1.165, 1.54) is 6.92 Å². The van der Waals surface area contributed by atoms with Gasteiger partial charge in [0.25, 0.3) is 11.8 Å². The van der Waals surface area contributed by atoms with Crippen molar-refractivity contribution < 1.29 is 33.8 Å². The van der Waals surface area contributed by atoms with Crippen molar-refractivity contribution in [3.05, 3.63) is 65.7 Å². The number of urea groups is 1. The minimum atomic E-state index is -2.26. The molecule has 0 aliphatic carbocycles. The van der Waals surface area contributed by atoms with Gasteiger partial charge in [0.15, 0.2) is 12.1 Å². The number of hydrogen-bond donors (Lipinski definition) is 2. The van der Waals surface area contributed by atoms with Crippen LogP contribution < -0.4 is 10.1 Å². The highest BCUT2D eigenvalue weighted by molar-refractivity contribution is 6.30. The fourth-order valence-electron chi connectivity index (χ4n) is 3.28. The molecular formula is C23H24N2O7. The SMILES string of the molecule is CC(=O)C1(COC(C)O)C(=O)NC(=O)N(Cc2cccc(OCc3ccccc3)c2)C1=O. The van der Waals surface area contributed by atoms with Crippen LogP contribution in [-0.4, -0.2) is 46.5 Å². The standard InChI is InChI=1S/C23H24N2O7/c1-15(26)23(14-32-16(2)27)20(28)24-22(30)25(21(23)29)12-18-9-6-10-19(11-18)31-13-17-7-4-3-5-8-17/h3-11,16,27H,12-14H2,1-2H3,(H,24,28,30). The summed E-state index contributed by atoms with van der Waals surface area (Å²) >= 11 is 0. The van der Waals surface area contributed by atoms with E-state index in [1.807, 2.05) is 30.3 Å². The number of carbonyl (C=O) groups excluding carboxylic acids is 4. The fraction of sp³-hybridized carbons (Fsp3) is 0.304. The number of amides is 4. The van der Waals surface area contributed by atoms with Crippen LogP contribution in [0.5, 0.6) is 5.75 Å². The Morgan fingerprint density at radius 2 is 1.78 bits per heavy atom. The number of carbonyl (C=O) groups is 4. The van der Waals surface area contributed by atoms with Crippen molar-refractivity contribution in [3.8, 4) is 5.75 Å². The summed E-state index contributed by atoms with van der Waals surface area (Å²) in [5, 5.41) is 11.4. The molecule has 1 aliphatic heterocycles.